The van der Waals surface area contributed by atoms with Gasteiger partial charge in [-0.1, -0.05) is 12.1 Å². The summed E-state index contributed by atoms with van der Waals surface area (Å²) >= 11 is 1.62. The number of benzene rings is 1. The van der Waals surface area contributed by atoms with Crippen LogP contribution in [0.15, 0.2) is 48.0 Å². The standard InChI is InChI=1S/C18H16F3N3OS/c1-12-16(17(25)22-8-7-15-6-3-9-26-15)11-23-24(12)14-5-2-4-13(10-14)18(19,20)21/h2-6,9-11H,7-8H2,1H3,(H,22,25). The smallest absolute Gasteiger partial charge is 0.352 e. The molecule has 0 radical (unpaired) electrons. The van der Waals surface area contributed by atoms with Crippen LogP contribution in [-0.2, 0) is 12.6 Å². The fraction of sp³-hybridized carbons (Fsp3) is 0.222. The van der Waals surface area contributed by atoms with E-state index in [2.05, 4.69) is 10.4 Å². The van der Waals surface area contributed by atoms with E-state index >= 15 is 0 Å². The van der Waals surface area contributed by atoms with E-state index < -0.39 is 11.7 Å². The normalized spacial score (nSPS) is 11.5. The summed E-state index contributed by atoms with van der Waals surface area (Å²) in [5, 5.41) is 8.86. The topological polar surface area (TPSA) is 46.9 Å². The van der Waals surface area contributed by atoms with Crippen molar-refractivity contribution in [2.45, 2.75) is 19.5 Å². The maximum atomic E-state index is 12.9. The summed E-state index contributed by atoms with van der Waals surface area (Å²) in [6, 6.07) is 8.80. The number of thiophene rings is 1. The van der Waals surface area contributed by atoms with Crippen LogP contribution in [0.4, 0.5) is 13.2 Å². The van der Waals surface area contributed by atoms with E-state index in [-0.39, 0.29) is 11.6 Å². The molecule has 0 fully saturated rings. The molecule has 1 aromatic carbocycles. The average molecular weight is 379 g/mol. The van der Waals surface area contributed by atoms with Crippen LogP contribution in [0.3, 0.4) is 0 Å². The van der Waals surface area contributed by atoms with Gasteiger partial charge in [0.1, 0.15) is 0 Å². The van der Waals surface area contributed by atoms with Crippen molar-refractivity contribution in [2.24, 2.45) is 0 Å². The highest BCUT2D eigenvalue weighted by Crippen LogP contribution is 2.30. The molecule has 136 valence electrons. The molecule has 3 rings (SSSR count). The first-order valence-electron chi connectivity index (χ1n) is 7.89. The van der Waals surface area contributed by atoms with Crippen molar-refractivity contribution in [1.82, 2.24) is 15.1 Å². The van der Waals surface area contributed by atoms with Crippen LogP contribution < -0.4 is 5.32 Å². The Kier molecular flexibility index (Phi) is 5.13. The van der Waals surface area contributed by atoms with E-state index in [1.807, 2.05) is 17.5 Å². The molecule has 0 atom stereocenters. The summed E-state index contributed by atoms with van der Waals surface area (Å²) in [5.41, 5.74) is 0.327. The van der Waals surface area contributed by atoms with Crippen LogP contribution >= 0.6 is 11.3 Å². The van der Waals surface area contributed by atoms with Crippen LogP contribution in [0, 0.1) is 6.92 Å². The minimum Gasteiger partial charge on any atom is -0.352 e. The molecule has 26 heavy (non-hydrogen) atoms. The highest BCUT2D eigenvalue weighted by Gasteiger charge is 2.30. The van der Waals surface area contributed by atoms with Crippen LogP contribution in [0.2, 0.25) is 0 Å². The second-order valence-corrected chi connectivity index (χ2v) is 6.72. The molecular weight excluding hydrogens is 363 g/mol. The quantitative estimate of drug-likeness (QED) is 0.721. The lowest BCUT2D eigenvalue weighted by Gasteiger charge is -2.10. The van der Waals surface area contributed by atoms with Crippen molar-refractivity contribution in [3.8, 4) is 5.69 Å². The lowest BCUT2D eigenvalue weighted by molar-refractivity contribution is -0.137. The van der Waals surface area contributed by atoms with Gasteiger partial charge in [-0.25, -0.2) is 4.68 Å². The van der Waals surface area contributed by atoms with Crippen LogP contribution in [0.25, 0.3) is 5.69 Å². The Morgan fingerprint density at radius 1 is 1.27 bits per heavy atom. The molecule has 0 saturated heterocycles. The van der Waals surface area contributed by atoms with Gasteiger partial charge < -0.3 is 5.32 Å². The van der Waals surface area contributed by atoms with Gasteiger partial charge in [-0.05, 0) is 43.0 Å². The van der Waals surface area contributed by atoms with Gasteiger partial charge in [0.05, 0.1) is 28.7 Å². The molecule has 0 saturated carbocycles. The van der Waals surface area contributed by atoms with Gasteiger partial charge in [-0.2, -0.15) is 18.3 Å². The summed E-state index contributed by atoms with van der Waals surface area (Å²) in [4.78, 5) is 13.5. The Hall–Kier alpha value is -2.61. The highest BCUT2D eigenvalue weighted by atomic mass is 32.1. The number of amides is 1. The monoisotopic (exact) mass is 379 g/mol. The predicted octanol–water partition coefficient (Wildman–Crippen LogP) is 4.23. The summed E-state index contributed by atoms with van der Waals surface area (Å²) in [6.07, 6.45) is -2.33. The number of carbonyl (C=O) groups excluding carboxylic acids is 1. The maximum Gasteiger partial charge on any atom is 0.416 e. The number of aromatic nitrogens is 2. The Morgan fingerprint density at radius 2 is 2.08 bits per heavy atom. The van der Waals surface area contributed by atoms with Gasteiger partial charge in [0, 0.05) is 11.4 Å². The summed E-state index contributed by atoms with van der Waals surface area (Å²) in [5.74, 6) is -0.294. The van der Waals surface area contributed by atoms with Crippen molar-refractivity contribution in [1.29, 1.82) is 0 Å². The van der Waals surface area contributed by atoms with Gasteiger partial charge in [0.25, 0.3) is 5.91 Å². The number of carbonyl (C=O) groups is 1. The minimum atomic E-state index is -4.43. The molecule has 0 unspecified atom stereocenters. The third-order valence-electron chi connectivity index (χ3n) is 3.91. The van der Waals surface area contributed by atoms with E-state index in [0.717, 1.165) is 18.6 Å². The fourth-order valence-electron chi connectivity index (χ4n) is 2.56. The van der Waals surface area contributed by atoms with Crippen molar-refractivity contribution < 1.29 is 18.0 Å². The second kappa shape index (κ2) is 7.33. The Bertz CT molecular complexity index is 901. The number of alkyl halides is 3. The fourth-order valence-corrected chi connectivity index (χ4v) is 3.27. The number of hydrogen-bond acceptors (Lipinski definition) is 3. The molecule has 3 aromatic rings. The lowest BCUT2D eigenvalue weighted by Crippen LogP contribution is -2.26. The molecule has 0 aliphatic rings. The Labute approximate surface area is 152 Å². The van der Waals surface area contributed by atoms with Gasteiger partial charge >= 0.3 is 6.18 Å². The van der Waals surface area contributed by atoms with E-state index in [0.29, 0.717) is 17.8 Å². The van der Waals surface area contributed by atoms with Crippen LogP contribution in [0.1, 0.15) is 26.5 Å². The van der Waals surface area contributed by atoms with Gasteiger partial charge in [0.15, 0.2) is 0 Å². The first-order valence-corrected chi connectivity index (χ1v) is 8.77. The van der Waals surface area contributed by atoms with Crippen molar-refractivity contribution in [2.75, 3.05) is 6.54 Å². The summed E-state index contributed by atoms with van der Waals surface area (Å²) < 4.78 is 40.0. The summed E-state index contributed by atoms with van der Waals surface area (Å²) in [7, 11) is 0. The largest absolute Gasteiger partial charge is 0.416 e. The number of hydrogen-bond donors (Lipinski definition) is 1. The molecular formula is C18H16F3N3OS. The first-order chi connectivity index (χ1) is 12.4. The Balaban J connectivity index is 1.74. The summed E-state index contributed by atoms with van der Waals surface area (Å²) in [6.45, 7) is 2.13. The van der Waals surface area contributed by atoms with Gasteiger partial charge in [-0.3, -0.25) is 4.79 Å². The molecule has 1 N–H and O–H groups in total. The highest BCUT2D eigenvalue weighted by molar-refractivity contribution is 7.09. The van der Waals surface area contributed by atoms with E-state index in [4.69, 9.17) is 0 Å². The third kappa shape index (κ3) is 3.96. The van der Waals surface area contributed by atoms with E-state index in [1.54, 1.807) is 18.3 Å². The number of nitrogens with zero attached hydrogens (tertiary/aromatic N) is 2. The molecule has 0 aliphatic heterocycles. The molecule has 0 aliphatic carbocycles. The molecule has 4 nitrogen and oxygen atoms in total. The average Bonchev–Trinajstić information content (AvgIpc) is 3.24. The molecule has 2 aromatic heterocycles. The zero-order chi connectivity index (χ0) is 18.7. The van der Waals surface area contributed by atoms with Crippen LogP contribution in [-0.4, -0.2) is 22.2 Å². The van der Waals surface area contributed by atoms with Gasteiger partial charge in [-0.15, -0.1) is 11.3 Å². The number of rotatable bonds is 5. The predicted molar refractivity (Wildman–Crippen MR) is 93.7 cm³/mol. The molecule has 1 amide bonds. The SMILES string of the molecule is Cc1c(C(=O)NCCc2cccs2)cnn1-c1cccc(C(F)(F)F)c1. The number of nitrogens with one attached hydrogen (secondary N) is 1. The van der Waals surface area contributed by atoms with E-state index in [9.17, 15) is 18.0 Å². The van der Waals surface area contributed by atoms with Crippen molar-refractivity contribution >= 4 is 17.2 Å². The molecule has 0 bridgehead atoms. The van der Waals surface area contributed by atoms with E-state index in [1.165, 1.54) is 27.9 Å². The molecule has 0 spiro atoms. The first kappa shape index (κ1) is 18.2. The zero-order valence-electron chi connectivity index (χ0n) is 13.9. The van der Waals surface area contributed by atoms with Crippen LogP contribution in [0.5, 0.6) is 0 Å². The Morgan fingerprint density at radius 3 is 2.77 bits per heavy atom. The van der Waals surface area contributed by atoms with Crippen molar-refractivity contribution in [3.63, 3.8) is 0 Å². The zero-order valence-corrected chi connectivity index (χ0v) is 14.7. The maximum absolute atomic E-state index is 12.9. The molecule has 2 heterocycles. The second-order valence-electron chi connectivity index (χ2n) is 5.69. The third-order valence-corrected chi connectivity index (χ3v) is 4.85. The van der Waals surface area contributed by atoms with Crippen molar-refractivity contribution in [3.05, 3.63) is 69.7 Å². The van der Waals surface area contributed by atoms with Gasteiger partial charge in [0.2, 0.25) is 0 Å². The minimum absolute atomic E-state index is 0.259. The number of halogens is 3. The molecule has 8 heteroatoms. The lowest BCUT2D eigenvalue weighted by atomic mass is 10.2.